The van der Waals surface area contributed by atoms with Crippen molar-refractivity contribution in [1.82, 2.24) is 4.90 Å². The molecule has 2 aliphatic rings. The van der Waals surface area contributed by atoms with Crippen molar-refractivity contribution in [3.8, 4) is 0 Å². The Labute approximate surface area is 123 Å². The van der Waals surface area contributed by atoms with Gasteiger partial charge in [0.2, 0.25) is 0 Å². The van der Waals surface area contributed by atoms with Gasteiger partial charge in [-0.25, -0.2) is 4.39 Å². The second-order valence-electron chi connectivity index (χ2n) is 5.73. The minimum atomic E-state index is -0.302. The molecule has 2 heterocycles. The molecule has 4 nitrogen and oxygen atoms in total. The average molecular weight is 293 g/mol. The first kappa shape index (κ1) is 14.5. The molecule has 2 fully saturated rings. The number of carbonyl (C=O) groups is 1. The fourth-order valence-corrected chi connectivity index (χ4v) is 2.97. The summed E-state index contributed by atoms with van der Waals surface area (Å²) in [5.74, 6) is -0.218. The highest BCUT2D eigenvalue weighted by atomic mass is 19.1. The Kier molecular flexibility index (Phi) is 4.22. The van der Waals surface area contributed by atoms with Crippen LogP contribution in [0.4, 0.5) is 4.39 Å². The van der Waals surface area contributed by atoms with Crippen LogP contribution in [0.25, 0.3) is 0 Å². The number of rotatable bonds is 2. The molecule has 2 saturated heterocycles. The summed E-state index contributed by atoms with van der Waals surface area (Å²) < 4.78 is 24.4. The molecular weight excluding hydrogens is 273 g/mol. The van der Waals surface area contributed by atoms with Crippen molar-refractivity contribution in [3.63, 3.8) is 0 Å². The van der Waals surface area contributed by atoms with Crippen molar-refractivity contribution < 1.29 is 18.7 Å². The summed E-state index contributed by atoms with van der Waals surface area (Å²) in [6.07, 6.45) is 1.19. The summed E-state index contributed by atoms with van der Waals surface area (Å²) >= 11 is 0. The topological polar surface area (TPSA) is 38.8 Å². The maximum Gasteiger partial charge on any atom is 0.251 e. The van der Waals surface area contributed by atoms with Crippen LogP contribution in [0.1, 0.15) is 31.4 Å². The summed E-state index contributed by atoms with van der Waals surface area (Å²) in [4.78, 5) is 14.3. The third-order valence-electron chi connectivity index (χ3n) is 4.02. The highest BCUT2D eigenvalue weighted by molar-refractivity contribution is 5.81. The summed E-state index contributed by atoms with van der Waals surface area (Å²) in [5.41, 5.74) is 0.896. The minimum absolute atomic E-state index is 0.0424. The number of amides is 1. The highest BCUT2D eigenvalue weighted by Gasteiger charge is 2.34. The van der Waals surface area contributed by atoms with Gasteiger partial charge in [-0.2, -0.15) is 0 Å². The van der Waals surface area contributed by atoms with E-state index in [2.05, 4.69) is 0 Å². The molecule has 3 rings (SSSR count). The predicted octanol–water partition coefficient (Wildman–Crippen LogP) is 2.29. The number of hydrogen-bond donors (Lipinski definition) is 0. The number of morpholine rings is 1. The fraction of sp³-hybridized carbons (Fsp3) is 0.562. The molecule has 1 aromatic carbocycles. The zero-order chi connectivity index (χ0) is 14.8. The molecule has 1 aromatic rings. The van der Waals surface area contributed by atoms with E-state index < -0.39 is 0 Å². The van der Waals surface area contributed by atoms with E-state index in [1.807, 2.05) is 11.8 Å². The van der Waals surface area contributed by atoms with E-state index in [0.29, 0.717) is 19.7 Å². The lowest BCUT2D eigenvalue weighted by molar-refractivity contribution is -0.154. The van der Waals surface area contributed by atoms with Crippen LogP contribution >= 0.6 is 0 Å². The van der Waals surface area contributed by atoms with Gasteiger partial charge < -0.3 is 14.4 Å². The molecular formula is C16H20FNO3. The van der Waals surface area contributed by atoms with Gasteiger partial charge in [0.15, 0.2) is 0 Å². The normalized spacial score (nSPS) is 29.6. The van der Waals surface area contributed by atoms with Crippen LogP contribution in [-0.4, -0.2) is 42.7 Å². The lowest BCUT2D eigenvalue weighted by Crippen LogP contribution is -2.49. The van der Waals surface area contributed by atoms with E-state index in [9.17, 15) is 9.18 Å². The maximum atomic E-state index is 13.0. The number of nitrogens with zero attached hydrogens (tertiary/aromatic N) is 1. The van der Waals surface area contributed by atoms with Crippen LogP contribution < -0.4 is 0 Å². The molecule has 0 aliphatic carbocycles. The number of carbonyl (C=O) groups excluding carboxylic acids is 1. The van der Waals surface area contributed by atoms with Crippen LogP contribution in [0.3, 0.4) is 0 Å². The van der Waals surface area contributed by atoms with Crippen molar-refractivity contribution in [2.75, 3.05) is 19.7 Å². The Hall–Kier alpha value is -1.46. The Morgan fingerprint density at radius 1 is 1.29 bits per heavy atom. The minimum Gasteiger partial charge on any atom is -0.368 e. The lowest BCUT2D eigenvalue weighted by Gasteiger charge is -2.38. The zero-order valence-electron chi connectivity index (χ0n) is 12.1. The predicted molar refractivity (Wildman–Crippen MR) is 75.2 cm³/mol. The standard InChI is InChI=1S/C16H20FNO3/c1-11-9-18(16(19)14-3-2-8-20-14)10-15(21-11)12-4-6-13(17)7-5-12/h4-7,11,14-15H,2-3,8-10H2,1H3. The first-order valence-corrected chi connectivity index (χ1v) is 7.45. The smallest absolute Gasteiger partial charge is 0.251 e. The molecule has 0 aromatic heterocycles. The van der Waals surface area contributed by atoms with Crippen molar-refractivity contribution in [2.24, 2.45) is 0 Å². The average Bonchev–Trinajstić information content (AvgIpc) is 3.00. The van der Waals surface area contributed by atoms with Crippen molar-refractivity contribution >= 4 is 5.91 Å². The number of benzene rings is 1. The van der Waals surface area contributed by atoms with Gasteiger partial charge in [0.05, 0.1) is 12.6 Å². The van der Waals surface area contributed by atoms with Gasteiger partial charge in [0.1, 0.15) is 18.0 Å². The van der Waals surface area contributed by atoms with E-state index in [1.165, 1.54) is 12.1 Å². The van der Waals surface area contributed by atoms with Gasteiger partial charge in [-0.1, -0.05) is 12.1 Å². The van der Waals surface area contributed by atoms with Crippen molar-refractivity contribution in [2.45, 2.75) is 38.1 Å². The second-order valence-corrected chi connectivity index (χ2v) is 5.73. The van der Waals surface area contributed by atoms with E-state index in [-0.39, 0.29) is 30.0 Å². The van der Waals surface area contributed by atoms with Crippen LogP contribution in [0.5, 0.6) is 0 Å². The molecule has 0 radical (unpaired) electrons. The molecule has 21 heavy (non-hydrogen) atoms. The Bertz CT molecular complexity index is 499. The molecule has 5 heteroatoms. The summed E-state index contributed by atoms with van der Waals surface area (Å²) in [7, 11) is 0. The largest absolute Gasteiger partial charge is 0.368 e. The van der Waals surface area contributed by atoms with Gasteiger partial charge in [0, 0.05) is 13.2 Å². The van der Waals surface area contributed by atoms with E-state index in [1.54, 1.807) is 12.1 Å². The van der Waals surface area contributed by atoms with E-state index in [4.69, 9.17) is 9.47 Å². The molecule has 3 unspecified atom stereocenters. The molecule has 0 N–H and O–H groups in total. The Balaban J connectivity index is 1.71. The third-order valence-corrected chi connectivity index (χ3v) is 4.02. The molecule has 114 valence electrons. The first-order chi connectivity index (χ1) is 10.1. The van der Waals surface area contributed by atoms with Crippen LogP contribution in [0.15, 0.2) is 24.3 Å². The van der Waals surface area contributed by atoms with Crippen LogP contribution in [0.2, 0.25) is 0 Å². The number of halogens is 1. The van der Waals surface area contributed by atoms with E-state index >= 15 is 0 Å². The summed E-state index contributed by atoms with van der Waals surface area (Å²) in [5, 5.41) is 0. The van der Waals surface area contributed by atoms with Crippen molar-refractivity contribution in [1.29, 1.82) is 0 Å². The molecule has 0 spiro atoms. The quantitative estimate of drug-likeness (QED) is 0.840. The Morgan fingerprint density at radius 3 is 2.71 bits per heavy atom. The zero-order valence-corrected chi connectivity index (χ0v) is 12.1. The second kappa shape index (κ2) is 6.12. The maximum absolute atomic E-state index is 13.0. The summed E-state index contributed by atoms with van der Waals surface area (Å²) in [6, 6.07) is 6.27. The van der Waals surface area contributed by atoms with Crippen molar-refractivity contribution in [3.05, 3.63) is 35.6 Å². The molecule has 0 saturated carbocycles. The van der Waals surface area contributed by atoms with Gasteiger partial charge in [-0.05, 0) is 37.5 Å². The van der Waals surface area contributed by atoms with Gasteiger partial charge in [-0.3, -0.25) is 4.79 Å². The Morgan fingerprint density at radius 2 is 2.05 bits per heavy atom. The first-order valence-electron chi connectivity index (χ1n) is 7.45. The lowest BCUT2D eigenvalue weighted by atomic mass is 10.1. The third kappa shape index (κ3) is 3.24. The molecule has 1 amide bonds. The summed E-state index contributed by atoms with van der Waals surface area (Å²) in [6.45, 7) is 3.69. The number of hydrogen-bond acceptors (Lipinski definition) is 3. The van der Waals surface area contributed by atoms with E-state index in [0.717, 1.165) is 18.4 Å². The van der Waals surface area contributed by atoms with Gasteiger partial charge >= 0.3 is 0 Å². The monoisotopic (exact) mass is 293 g/mol. The fourth-order valence-electron chi connectivity index (χ4n) is 2.97. The van der Waals surface area contributed by atoms with Crippen LogP contribution in [-0.2, 0) is 14.3 Å². The SMILES string of the molecule is CC1CN(C(=O)C2CCCO2)CC(c2ccc(F)cc2)O1. The van der Waals surface area contributed by atoms with Gasteiger partial charge in [-0.15, -0.1) is 0 Å². The molecule has 0 bridgehead atoms. The molecule has 2 aliphatic heterocycles. The van der Waals surface area contributed by atoms with Gasteiger partial charge in [0.25, 0.3) is 5.91 Å². The number of ether oxygens (including phenoxy) is 2. The highest BCUT2D eigenvalue weighted by Crippen LogP contribution is 2.27. The molecule has 3 atom stereocenters. The van der Waals surface area contributed by atoms with Crippen LogP contribution in [0, 0.1) is 5.82 Å².